The summed E-state index contributed by atoms with van der Waals surface area (Å²) in [5.74, 6) is -1.80. The fraction of sp³-hybridized carbons (Fsp3) is 0.385. The molecule has 0 radical (unpaired) electrons. The second kappa shape index (κ2) is 4.99. The van der Waals surface area contributed by atoms with Crippen LogP contribution in [0.2, 0.25) is 0 Å². The highest BCUT2D eigenvalue weighted by molar-refractivity contribution is 5.95. The Bertz CT molecular complexity index is 524. The molecule has 1 atom stereocenters. The summed E-state index contributed by atoms with van der Waals surface area (Å²) >= 11 is 0. The van der Waals surface area contributed by atoms with Crippen LogP contribution in [0.15, 0.2) is 18.2 Å². The van der Waals surface area contributed by atoms with E-state index in [1.54, 1.807) is 12.1 Å². The predicted octanol–water partition coefficient (Wildman–Crippen LogP) is 0.282. The van der Waals surface area contributed by atoms with Gasteiger partial charge in [0.25, 0.3) is 5.91 Å². The highest BCUT2D eigenvalue weighted by Crippen LogP contribution is 2.20. The molecule has 1 aliphatic heterocycles. The van der Waals surface area contributed by atoms with Gasteiger partial charge in [-0.25, -0.2) is 4.79 Å². The van der Waals surface area contributed by atoms with Gasteiger partial charge >= 0.3 is 5.97 Å². The maximum atomic E-state index is 11.9. The van der Waals surface area contributed by atoms with E-state index in [1.807, 2.05) is 6.07 Å². The van der Waals surface area contributed by atoms with E-state index in [9.17, 15) is 14.7 Å². The highest BCUT2D eigenvalue weighted by Gasteiger charge is 2.30. The van der Waals surface area contributed by atoms with Gasteiger partial charge in [0.2, 0.25) is 0 Å². The second-order valence-electron chi connectivity index (χ2n) is 4.74. The Labute approximate surface area is 110 Å². The lowest BCUT2D eigenvalue weighted by Crippen LogP contribution is -2.46. The molecule has 1 aromatic carbocycles. The first-order chi connectivity index (χ1) is 8.90. The van der Waals surface area contributed by atoms with Gasteiger partial charge in [-0.1, -0.05) is 6.07 Å². The fourth-order valence-corrected chi connectivity index (χ4v) is 1.74. The second-order valence-corrected chi connectivity index (χ2v) is 4.74. The molecule has 0 saturated carbocycles. The van der Waals surface area contributed by atoms with Crippen molar-refractivity contribution in [3.63, 3.8) is 0 Å². The van der Waals surface area contributed by atoms with Gasteiger partial charge in [-0.15, -0.1) is 0 Å². The smallest absolute Gasteiger partial charge is 0.337 e. The Morgan fingerprint density at radius 3 is 2.74 bits per heavy atom. The summed E-state index contributed by atoms with van der Waals surface area (Å²) in [6, 6.07) is 5.18. The van der Waals surface area contributed by atoms with Gasteiger partial charge in [-0.05, 0) is 30.2 Å². The number of aliphatic carboxylic acids is 1. The molecule has 6 nitrogen and oxygen atoms in total. The lowest BCUT2D eigenvalue weighted by Gasteiger charge is -2.18. The van der Waals surface area contributed by atoms with Gasteiger partial charge < -0.3 is 20.3 Å². The molecular weight excluding hydrogens is 250 g/mol. The minimum Gasteiger partial charge on any atom is -0.479 e. The molecule has 1 aliphatic rings. The van der Waals surface area contributed by atoms with Crippen LogP contribution in [0.5, 0.6) is 0 Å². The van der Waals surface area contributed by atoms with Crippen molar-refractivity contribution in [1.29, 1.82) is 0 Å². The number of benzene rings is 1. The Morgan fingerprint density at radius 1 is 1.37 bits per heavy atom. The summed E-state index contributed by atoms with van der Waals surface area (Å²) in [6.07, 6.45) is 0. The minimum absolute atomic E-state index is 0.352. The number of carboxylic acid groups (broad SMARTS) is 1. The van der Waals surface area contributed by atoms with Crippen LogP contribution in [0.4, 0.5) is 0 Å². The number of carbonyl (C=O) groups excluding carboxylic acids is 1. The molecule has 0 spiro atoms. The molecule has 0 aromatic heterocycles. The number of nitrogens with one attached hydrogen (secondary N) is 1. The summed E-state index contributed by atoms with van der Waals surface area (Å²) in [5.41, 5.74) is 0.451. The van der Waals surface area contributed by atoms with Gasteiger partial charge in [0.1, 0.15) is 0 Å². The number of hydrogen-bond acceptors (Lipinski definition) is 4. The Kier molecular flexibility index (Phi) is 3.55. The van der Waals surface area contributed by atoms with Crippen LogP contribution in [-0.4, -0.2) is 34.2 Å². The maximum absolute atomic E-state index is 11.9. The third kappa shape index (κ3) is 2.91. The maximum Gasteiger partial charge on any atom is 0.337 e. The van der Waals surface area contributed by atoms with Crippen LogP contribution in [0.1, 0.15) is 28.4 Å². The van der Waals surface area contributed by atoms with E-state index in [1.165, 1.54) is 0 Å². The first-order valence-electron chi connectivity index (χ1n) is 5.84. The number of aliphatic hydroxyl groups is 1. The van der Waals surface area contributed by atoms with Crippen LogP contribution >= 0.6 is 0 Å². The molecule has 1 unspecified atom stereocenters. The first-order valence-corrected chi connectivity index (χ1v) is 5.84. The molecule has 102 valence electrons. The van der Waals surface area contributed by atoms with Crippen molar-refractivity contribution in [1.82, 2.24) is 5.32 Å². The SMILES string of the molecule is CC(O)(CNC(=O)c1ccc2c(c1)COC2)C(=O)O. The van der Waals surface area contributed by atoms with Crippen LogP contribution in [0, 0.1) is 0 Å². The number of amides is 1. The summed E-state index contributed by atoms with van der Waals surface area (Å²) < 4.78 is 5.25. The minimum atomic E-state index is -1.98. The quantitative estimate of drug-likeness (QED) is 0.726. The molecule has 0 saturated heterocycles. The number of hydrogen-bond donors (Lipinski definition) is 3. The van der Waals surface area contributed by atoms with Crippen LogP contribution in [0.25, 0.3) is 0 Å². The average Bonchev–Trinajstić information content (AvgIpc) is 2.82. The normalized spacial score (nSPS) is 16.5. The molecule has 1 heterocycles. The zero-order chi connectivity index (χ0) is 14.0. The molecule has 19 heavy (non-hydrogen) atoms. The van der Waals surface area contributed by atoms with E-state index >= 15 is 0 Å². The van der Waals surface area contributed by atoms with Crippen molar-refractivity contribution in [2.45, 2.75) is 25.7 Å². The molecule has 0 bridgehead atoms. The molecule has 2 rings (SSSR count). The topological polar surface area (TPSA) is 95.9 Å². The predicted molar refractivity (Wildman–Crippen MR) is 65.5 cm³/mol. The van der Waals surface area contributed by atoms with E-state index in [0.717, 1.165) is 18.1 Å². The van der Waals surface area contributed by atoms with E-state index in [2.05, 4.69) is 5.32 Å². The highest BCUT2D eigenvalue weighted by atomic mass is 16.5. The lowest BCUT2D eigenvalue weighted by molar-refractivity contribution is -0.155. The molecule has 0 aliphatic carbocycles. The molecule has 1 amide bonds. The number of carboxylic acids is 1. The van der Waals surface area contributed by atoms with E-state index < -0.39 is 17.5 Å². The summed E-state index contributed by atoms with van der Waals surface area (Å²) in [5, 5.41) is 20.6. The Balaban J connectivity index is 2.03. The number of fused-ring (bicyclic) bond motifs is 1. The van der Waals surface area contributed by atoms with E-state index in [-0.39, 0.29) is 6.54 Å². The van der Waals surface area contributed by atoms with Gasteiger partial charge in [-0.2, -0.15) is 0 Å². The van der Waals surface area contributed by atoms with Gasteiger partial charge in [0.15, 0.2) is 5.60 Å². The number of rotatable bonds is 4. The molecule has 3 N–H and O–H groups in total. The van der Waals surface area contributed by atoms with Crippen molar-refractivity contribution in [3.8, 4) is 0 Å². The van der Waals surface area contributed by atoms with Crippen LogP contribution in [-0.2, 0) is 22.7 Å². The molecule has 6 heteroatoms. The van der Waals surface area contributed by atoms with Crippen molar-refractivity contribution >= 4 is 11.9 Å². The van der Waals surface area contributed by atoms with Crippen LogP contribution < -0.4 is 5.32 Å². The van der Waals surface area contributed by atoms with E-state index in [4.69, 9.17) is 9.84 Å². The van der Waals surface area contributed by atoms with Crippen molar-refractivity contribution < 1.29 is 24.5 Å². The van der Waals surface area contributed by atoms with Gasteiger partial charge in [-0.3, -0.25) is 4.79 Å². The number of ether oxygens (including phenoxy) is 1. The van der Waals surface area contributed by atoms with E-state index in [0.29, 0.717) is 18.8 Å². The van der Waals surface area contributed by atoms with Crippen molar-refractivity contribution in [2.24, 2.45) is 0 Å². The summed E-state index contributed by atoms with van der Waals surface area (Å²) in [4.78, 5) is 22.6. The summed E-state index contributed by atoms with van der Waals surface area (Å²) in [7, 11) is 0. The molecule has 1 aromatic rings. The zero-order valence-corrected chi connectivity index (χ0v) is 10.5. The largest absolute Gasteiger partial charge is 0.479 e. The first kappa shape index (κ1) is 13.5. The van der Waals surface area contributed by atoms with Gasteiger partial charge in [0, 0.05) is 5.56 Å². The monoisotopic (exact) mass is 265 g/mol. The standard InChI is InChI=1S/C13H15NO5/c1-13(18,12(16)17)7-14-11(15)8-2-3-9-5-19-6-10(9)4-8/h2-4,18H,5-7H2,1H3,(H,14,15)(H,16,17). The fourth-order valence-electron chi connectivity index (χ4n) is 1.74. The average molecular weight is 265 g/mol. The Morgan fingerprint density at radius 2 is 2.05 bits per heavy atom. The van der Waals surface area contributed by atoms with Crippen molar-refractivity contribution in [2.75, 3.05) is 6.54 Å². The zero-order valence-electron chi connectivity index (χ0n) is 10.5. The molecular formula is C13H15NO5. The third-order valence-electron chi connectivity index (χ3n) is 3.04. The van der Waals surface area contributed by atoms with Crippen LogP contribution in [0.3, 0.4) is 0 Å². The van der Waals surface area contributed by atoms with Crippen molar-refractivity contribution in [3.05, 3.63) is 34.9 Å². The third-order valence-corrected chi connectivity index (χ3v) is 3.04. The number of carbonyl (C=O) groups is 2. The van der Waals surface area contributed by atoms with Gasteiger partial charge in [0.05, 0.1) is 19.8 Å². The lowest BCUT2D eigenvalue weighted by atomic mass is 10.0. The Hall–Kier alpha value is -1.92. The summed E-state index contributed by atoms with van der Waals surface area (Å²) in [6.45, 7) is 1.80. The molecule has 0 fully saturated rings.